The van der Waals surface area contributed by atoms with Gasteiger partial charge in [0.1, 0.15) is 0 Å². The first kappa shape index (κ1) is 21.9. The van der Waals surface area contributed by atoms with Crippen LogP contribution in [-0.2, 0) is 26.8 Å². The Morgan fingerprint density at radius 1 is 1.14 bits per heavy atom. The smallest absolute Gasteiger partial charge is 0.330 e. The summed E-state index contributed by atoms with van der Waals surface area (Å²) in [6, 6.07) is 5.11. The van der Waals surface area contributed by atoms with Crippen molar-refractivity contribution in [1.29, 1.82) is 0 Å². The van der Waals surface area contributed by atoms with Crippen LogP contribution < -0.4 is 0 Å². The van der Waals surface area contributed by atoms with Crippen LogP contribution in [0.2, 0.25) is 0 Å². The molecule has 0 spiro atoms. The van der Waals surface area contributed by atoms with Crippen LogP contribution >= 0.6 is 0 Å². The number of rotatable bonds is 5. The highest BCUT2D eigenvalue weighted by Crippen LogP contribution is 2.48. The lowest BCUT2D eigenvalue weighted by Crippen LogP contribution is -2.34. The Bertz CT molecular complexity index is 823. The number of ether oxygens (including phenoxy) is 1. The molecule has 29 heavy (non-hydrogen) atoms. The molecule has 0 saturated carbocycles. The molecule has 0 aliphatic heterocycles. The Kier molecular flexibility index (Phi) is 6.41. The summed E-state index contributed by atoms with van der Waals surface area (Å²) in [4.78, 5) is 11.6. The first-order valence-electron chi connectivity index (χ1n) is 11.3. The van der Waals surface area contributed by atoms with E-state index in [2.05, 4.69) is 52.0 Å². The van der Waals surface area contributed by atoms with Gasteiger partial charge in [0.15, 0.2) is 0 Å². The number of benzene rings is 1. The van der Waals surface area contributed by atoms with Gasteiger partial charge in [0.2, 0.25) is 0 Å². The number of hydrogen-bond donors (Lipinski definition) is 0. The monoisotopic (exact) mass is 394 g/mol. The van der Waals surface area contributed by atoms with Crippen molar-refractivity contribution in [3.05, 3.63) is 58.2 Å². The van der Waals surface area contributed by atoms with E-state index in [1.807, 2.05) is 13.8 Å². The Labute approximate surface area is 177 Å². The average Bonchev–Trinajstić information content (AvgIpc) is 2.65. The number of carbonyl (C=O) groups excluding carboxylic acids is 1. The molecular weight excluding hydrogens is 356 g/mol. The van der Waals surface area contributed by atoms with E-state index < -0.39 is 0 Å². The minimum atomic E-state index is -0.255. The van der Waals surface area contributed by atoms with Gasteiger partial charge < -0.3 is 4.74 Å². The first-order chi connectivity index (χ1) is 13.6. The van der Waals surface area contributed by atoms with Gasteiger partial charge >= 0.3 is 5.97 Å². The van der Waals surface area contributed by atoms with Crippen molar-refractivity contribution in [1.82, 2.24) is 0 Å². The summed E-state index contributed by atoms with van der Waals surface area (Å²) in [5, 5.41) is 0. The molecule has 0 N–H and O–H groups in total. The van der Waals surface area contributed by atoms with E-state index >= 15 is 0 Å². The van der Waals surface area contributed by atoms with Crippen molar-refractivity contribution in [3.63, 3.8) is 0 Å². The van der Waals surface area contributed by atoms with Gasteiger partial charge in [-0.2, -0.15) is 0 Å². The second-order valence-electron chi connectivity index (χ2n) is 10.2. The zero-order valence-electron chi connectivity index (χ0n) is 19.2. The highest BCUT2D eigenvalue weighted by Gasteiger charge is 2.38. The molecule has 2 aliphatic carbocycles. The van der Waals surface area contributed by atoms with Crippen LogP contribution in [0.5, 0.6) is 0 Å². The van der Waals surface area contributed by atoms with E-state index in [0.717, 1.165) is 12.0 Å². The molecule has 0 fully saturated rings. The van der Waals surface area contributed by atoms with Crippen LogP contribution in [0.1, 0.15) is 102 Å². The molecule has 0 aromatic heterocycles. The Morgan fingerprint density at radius 3 is 2.45 bits per heavy atom. The topological polar surface area (TPSA) is 26.3 Å². The zero-order valence-corrected chi connectivity index (χ0v) is 19.2. The van der Waals surface area contributed by atoms with E-state index in [1.54, 1.807) is 28.3 Å². The van der Waals surface area contributed by atoms with E-state index in [4.69, 9.17) is 4.74 Å². The van der Waals surface area contributed by atoms with Gasteiger partial charge in [-0.15, -0.1) is 0 Å². The Balaban J connectivity index is 1.84. The Hall–Kier alpha value is -1.83. The molecule has 0 amide bonds. The van der Waals surface area contributed by atoms with Gasteiger partial charge in [0, 0.05) is 6.08 Å². The molecule has 1 atom stereocenters. The number of hydrogen-bond acceptors (Lipinski definition) is 2. The lowest BCUT2D eigenvalue weighted by atomic mass is 9.61. The number of allylic oxidation sites excluding steroid dienone is 3. The molecular formula is C27H38O2. The van der Waals surface area contributed by atoms with Crippen LogP contribution in [0, 0.1) is 0 Å². The third-order valence-corrected chi connectivity index (χ3v) is 6.98. The number of fused-ring (bicyclic) bond motifs is 2. The van der Waals surface area contributed by atoms with Crippen LogP contribution in [0.25, 0.3) is 0 Å². The van der Waals surface area contributed by atoms with Crippen LogP contribution in [0.3, 0.4) is 0 Å². The van der Waals surface area contributed by atoms with Gasteiger partial charge in [0.25, 0.3) is 0 Å². The van der Waals surface area contributed by atoms with Crippen LogP contribution in [0.15, 0.2) is 35.9 Å². The molecule has 0 heterocycles. The van der Waals surface area contributed by atoms with Gasteiger partial charge in [0.05, 0.1) is 6.61 Å². The number of aryl methyl sites for hydroxylation is 1. The van der Waals surface area contributed by atoms with Gasteiger partial charge in [-0.3, -0.25) is 0 Å². The molecule has 0 saturated heterocycles. The van der Waals surface area contributed by atoms with Crippen LogP contribution in [0.4, 0.5) is 0 Å². The summed E-state index contributed by atoms with van der Waals surface area (Å²) < 4.78 is 5.00. The normalized spacial score (nSPS) is 22.8. The summed E-state index contributed by atoms with van der Waals surface area (Å²) in [5.74, 6) is 0.325. The third kappa shape index (κ3) is 4.85. The largest absolute Gasteiger partial charge is 0.463 e. The summed E-state index contributed by atoms with van der Waals surface area (Å²) in [7, 11) is 0. The van der Waals surface area contributed by atoms with E-state index in [0.29, 0.717) is 12.5 Å². The zero-order chi connectivity index (χ0) is 21.2. The number of carbonyl (C=O) groups is 1. The summed E-state index contributed by atoms with van der Waals surface area (Å²) in [5.41, 5.74) is 7.78. The molecule has 1 unspecified atom stereocenters. The van der Waals surface area contributed by atoms with E-state index in [1.165, 1.54) is 32.1 Å². The molecule has 3 rings (SSSR count). The molecule has 2 aliphatic rings. The quantitative estimate of drug-likeness (QED) is 0.308. The van der Waals surface area contributed by atoms with Gasteiger partial charge in [-0.05, 0) is 96.9 Å². The molecule has 0 radical (unpaired) electrons. The Morgan fingerprint density at radius 2 is 1.79 bits per heavy atom. The number of esters is 1. The summed E-state index contributed by atoms with van der Waals surface area (Å²) in [6.07, 6.45) is 13.2. The van der Waals surface area contributed by atoms with E-state index in [9.17, 15) is 4.79 Å². The lowest BCUT2D eigenvalue weighted by molar-refractivity contribution is -0.137. The minimum absolute atomic E-state index is 0.255. The summed E-state index contributed by atoms with van der Waals surface area (Å²) >= 11 is 0. The lowest BCUT2D eigenvalue weighted by Gasteiger charge is -2.43. The third-order valence-electron chi connectivity index (χ3n) is 6.98. The molecule has 2 nitrogen and oxygen atoms in total. The maximum atomic E-state index is 11.6. The van der Waals surface area contributed by atoms with Crippen molar-refractivity contribution < 1.29 is 9.53 Å². The van der Waals surface area contributed by atoms with Crippen LogP contribution in [-0.4, -0.2) is 12.6 Å². The summed E-state index contributed by atoms with van der Waals surface area (Å²) in [6.45, 7) is 13.9. The minimum Gasteiger partial charge on any atom is -0.463 e. The van der Waals surface area contributed by atoms with E-state index in [-0.39, 0.29) is 16.8 Å². The fraction of sp³-hybridized carbons (Fsp3) is 0.593. The van der Waals surface area contributed by atoms with Gasteiger partial charge in [-0.1, -0.05) is 52.0 Å². The second-order valence-corrected chi connectivity index (χ2v) is 10.2. The molecule has 0 bridgehead atoms. The van der Waals surface area contributed by atoms with Crippen molar-refractivity contribution in [3.8, 4) is 0 Å². The molecule has 158 valence electrons. The SMILES string of the molecule is CCOC(=O)/C=C(C)/C=C/CC1CCCc2cc3c(cc21)C(C)(C)CCC3(C)C. The predicted molar refractivity (Wildman–Crippen MR) is 122 cm³/mol. The fourth-order valence-electron chi connectivity index (χ4n) is 5.05. The average molecular weight is 395 g/mol. The van der Waals surface area contributed by atoms with Crippen molar-refractivity contribution >= 4 is 5.97 Å². The maximum Gasteiger partial charge on any atom is 0.330 e. The maximum absolute atomic E-state index is 11.6. The molecule has 1 aromatic rings. The molecule has 1 aromatic carbocycles. The van der Waals surface area contributed by atoms with Gasteiger partial charge in [-0.25, -0.2) is 4.79 Å². The van der Waals surface area contributed by atoms with Crippen molar-refractivity contribution in [2.45, 2.75) is 96.8 Å². The van der Waals surface area contributed by atoms with Crippen molar-refractivity contribution in [2.24, 2.45) is 0 Å². The molecule has 2 heteroatoms. The highest BCUT2D eigenvalue weighted by atomic mass is 16.5. The highest BCUT2D eigenvalue weighted by molar-refractivity contribution is 5.83. The second kappa shape index (κ2) is 8.50. The van der Waals surface area contributed by atoms with Crippen molar-refractivity contribution in [2.75, 3.05) is 6.61 Å². The predicted octanol–water partition coefficient (Wildman–Crippen LogP) is 6.91. The first-order valence-corrected chi connectivity index (χ1v) is 11.3. The standard InChI is InChI=1S/C27H38O2/c1-7-29-25(28)16-19(2)10-8-11-20-12-9-13-21-17-23-24(18-22(20)21)27(5,6)15-14-26(23,3)4/h8,10,16-18,20H,7,9,11-15H2,1-6H3/b10-8+,19-16+. The fourth-order valence-corrected chi connectivity index (χ4v) is 5.05.